The molecule has 0 aromatic heterocycles. The van der Waals surface area contributed by atoms with E-state index in [0.717, 1.165) is 6.07 Å². The Morgan fingerprint density at radius 3 is 2.44 bits per heavy atom. The molecule has 0 aliphatic heterocycles. The SMILES string of the molecule is O=C(O)CNC(=O)c1ccccc1SC(F)(F)F. The molecule has 4 nitrogen and oxygen atoms in total. The van der Waals surface area contributed by atoms with Gasteiger partial charge in [-0.2, -0.15) is 13.2 Å². The third kappa shape index (κ3) is 4.66. The van der Waals surface area contributed by atoms with Crippen molar-refractivity contribution in [2.75, 3.05) is 6.54 Å². The molecule has 0 unspecified atom stereocenters. The summed E-state index contributed by atoms with van der Waals surface area (Å²) in [4.78, 5) is 21.5. The zero-order valence-corrected chi connectivity index (χ0v) is 9.64. The number of thioether (sulfide) groups is 1. The van der Waals surface area contributed by atoms with Crippen LogP contribution in [0, 0.1) is 0 Å². The highest BCUT2D eigenvalue weighted by molar-refractivity contribution is 8.00. The van der Waals surface area contributed by atoms with Crippen molar-refractivity contribution in [3.05, 3.63) is 29.8 Å². The van der Waals surface area contributed by atoms with Gasteiger partial charge in [-0.25, -0.2) is 0 Å². The second-order valence-corrected chi connectivity index (χ2v) is 4.23. The van der Waals surface area contributed by atoms with Gasteiger partial charge < -0.3 is 10.4 Å². The standard InChI is InChI=1S/C10H8F3NO3S/c11-10(12,13)18-7-4-2-1-3-6(7)9(17)14-5-8(15)16/h1-4H,5H2,(H,14,17)(H,15,16). The fourth-order valence-electron chi connectivity index (χ4n) is 1.12. The molecule has 0 saturated carbocycles. The fourth-order valence-corrected chi connectivity index (χ4v) is 1.79. The Balaban J connectivity index is 2.88. The Hall–Kier alpha value is -1.70. The Labute approximate surface area is 104 Å². The molecule has 0 saturated heterocycles. The predicted octanol–water partition coefficient (Wildman–Crippen LogP) is 2.11. The minimum Gasteiger partial charge on any atom is -0.480 e. The van der Waals surface area contributed by atoms with Crippen LogP contribution in [0.5, 0.6) is 0 Å². The molecule has 0 spiro atoms. The molecular weight excluding hydrogens is 271 g/mol. The summed E-state index contributed by atoms with van der Waals surface area (Å²) in [5.41, 5.74) is -4.72. The maximum Gasteiger partial charge on any atom is 0.446 e. The predicted molar refractivity (Wildman–Crippen MR) is 58.3 cm³/mol. The lowest BCUT2D eigenvalue weighted by molar-refractivity contribution is -0.135. The van der Waals surface area contributed by atoms with Gasteiger partial charge in [0.1, 0.15) is 6.54 Å². The molecule has 0 bridgehead atoms. The van der Waals surface area contributed by atoms with Gasteiger partial charge in [-0.05, 0) is 23.9 Å². The average molecular weight is 279 g/mol. The molecule has 1 aromatic carbocycles. The molecule has 0 aliphatic carbocycles. The Kier molecular flexibility index (Phi) is 4.60. The van der Waals surface area contributed by atoms with Gasteiger partial charge in [-0.3, -0.25) is 9.59 Å². The average Bonchev–Trinajstić information content (AvgIpc) is 2.24. The van der Waals surface area contributed by atoms with Crippen LogP contribution < -0.4 is 5.32 Å². The third-order valence-electron chi connectivity index (χ3n) is 1.76. The molecule has 0 fully saturated rings. The number of halogens is 3. The van der Waals surface area contributed by atoms with Gasteiger partial charge in [0.15, 0.2) is 0 Å². The summed E-state index contributed by atoms with van der Waals surface area (Å²) in [5.74, 6) is -2.13. The number of benzene rings is 1. The molecule has 98 valence electrons. The number of aliphatic carboxylic acids is 1. The highest BCUT2D eigenvalue weighted by Gasteiger charge is 2.31. The van der Waals surface area contributed by atoms with Crippen molar-refractivity contribution in [2.45, 2.75) is 10.4 Å². The van der Waals surface area contributed by atoms with Gasteiger partial charge in [0.2, 0.25) is 0 Å². The molecule has 1 amide bonds. The van der Waals surface area contributed by atoms with Gasteiger partial charge >= 0.3 is 11.5 Å². The van der Waals surface area contributed by atoms with Crippen molar-refractivity contribution in [3.8, 4) is 0 Å². The number of carbonyl (C=O) groups excluding carboxylic acids is 1. The lowest BCUT2D eigenvalue weighted by atomic mass is 10.2. The van der Waals surface area contributed by atoms with E-state index < -0.39 is 35.7 Å². The van der Waals surface area contributed by atoms with Gasteiger partial charge in [0.25, 0.3) is 5.91 Å². The first-order chi connectivity index (χ1) is 8.29. The monoisotopic (exact) mass is 279 g/mol. The Morgan fingerprint density at radius 1 is 1.28 bits per heavy atom. The fraction of sp³-hybridized carbons (Fsp3) is 0.200. The second-order valence-electron chi connectivity index (χ2n) is 3.12. The second kappa shape index (κ2) is 5.76. The molecule has 1 rings (SSSR count). The van der Waals surface area contributed by atoms with E-state index in [1.54, 1.807) is 0 Å². The summed E-state index contributed by atoms with van der Waals surface area (Å²) in [5, 5.41) is 10.4. The van der Waals surface area contributed by atoms with E-state index in [1.165, 1.54) is 18.2 Å². The first-order valence-corrected chi connectivity index (χ1v) is 5.46. The number of hydrogen-bond acceptors (Lipinski definition) is 3. The Morgan fingerprint density at radius 2 is 1.89 bits per heavy atom. The van der Waals surface area contributed by atoms with Crippen LogP contribution in [0.15, 0.2) is 29.2 Å². The largest absolute Gasteiger partial charge is 0.480 e. The van der Waals surface area contributed by atoms with Crippen molar-refractivity contribution in [2.24, 2.45) is 0 Å². The molecular formula is C10H8F3NO3S. The minimum absolute atomic E-state index is 0.207. The van der Waals surface area contributed by atoms with E-state index in [0.29, 0.717) is 0 Å². The van der Waals surface area contributed by atoms with Crippen LogP contribution in [0.25, 0.3) is 0 Å². The molecule has 0 radical (unpaired) electrons. The van der Waals surface area contributed by atoms with Gasteiger partial charge in [0, 0.05) is 4.90 Å². The van der Waals surface area contributed by atoms with E-state index in [1.807, 2.05) is 5.32 Å². The van der Waals surface area contributed by atoms with E-state index >= 15 is 0 Å². The van der Waals surface area contributed by atoms with E-state index in [4.69, 9.17) is 5.11 Å². The van der Waals surface area contributed by atoms with Crippen molar-refractivity contribution < 1.29 is 27.9 Å². The summed E-state index contributed by atoms with van der Waals surface area (Å²) < 4.78 is 36.7. The van der Waals surface area contributed by atoms with Gasteiger partial charge in [-0.1, -0.05) is 12.1 Å². The maximum absolute atomic E-state index is 12.2. The number of carboxylic acid groups (broad SMARTS) is 1. The van der Waals surface area contributed by atoms with Crippen LogP contribution in [0.3, 0.4) is 0 Å². The van der Waals surface area contributed by atoms with Crippen molar-refractivity contribution in [1.82, 2.24) is 5.32 Å². The molecule has 0 heterocycles. The highest BCUT2D eigenvalue weighted by Crippen LogP contribution is 2.38. The summed E-state index contributed by atoms with van der Waals surface area (Å²) >= 11 is -0.418. The zero-order valence-electron chi connectivity index (χ0n) is 8.82. The summed E-state index contributed by atoms with van der Waals surface area (Å²) in [6.07, 6.45) is 0. The zero-order chi connectivity index (χ0) is 13.8. The minimum atomic E-state index is -4.51. The normalized spacial score (nSPS) is 11.1. The lowest BCUT2D eigenvalue weighted by Crippen LogP contribution is -2.29. The van der Waals surface area contributed by atoms with E-state index in [-0.39, 0.29) is 10.5 Å². The third-order valence-corrected chi connectivity index (χ3v) is 2.56. The number of rotatable bonds is 4. The number of carboxylic acids is 1. The molecule has 0 atom stereocenters. The summed E-state index contributed by atoms with van der Waals surface area (Å²) in [6, 6.07) is 5.11. The smallest absolute Gasteiger partial charge is 0.446 e. The molecule has 8 heteroatoms. The first-order valence-electron chi connectivity index (χ1n) is 4.64. The number of alkyl halides is 3. The first kappa shape index (κ1) is 14.4. The van der Waals surface area contributed by atoms with Crippen molar-refractivity contribution in [1.29, 1.82) is 0 Å². The molecule has 2 N–H and O–H groups in total. The Bertz CT molecular complexity index is 462. The highest BCUT2D eigenvalue weighted by atomic mass is 32.2. The number of hydrogen-bond donors (Lipinski definition) is 2. The van der Waals surface area contributed by atoms with E-state index in [2.05, 4.69) is 0 Å². The maximum atomic E-state index is 12.2. The molecule has 0 aliphatic rings. The van der Waals surface area contributed by atoms with Crippen LogP contribution >= 0.6 is 11.8 Å². The van der Waals surface area contributed by atoms with Crippen LogP contribution in [0.1, 0.15) is 10.4 Å². The molecule has 1 aromatic rings. The van der Waals surface area contributed by atoms with E-state index in [9.17, 15) is 22.8 Å². The van der Waals surface area contributed by atoms with Crippen LogP contribution in [0.2, 0.25) is 0 Å². The van der Waals surface area contributed by atoms with Gasteiger partial charge in [-0.15, -0.1) is 0 Å². The quantitative estimate of drug-likeness (QED) is 0.828. The van der Waals surface area contributed by atoms with Crippen molar-refractivity contribution >= 4 is 23.6 Å². The summed E-state index contributed by atoms with van der Waals surface area (Å²) in [6.45, 7) is -0.649. The summed E-state index contributed by atoms with van der Waals surface area (Å²) in [7, 11) is 0. The van der Waals surface area contributed by atoms with Crippen LogP contribution in [0.4, 0.5) is 13.2 Å². The van der Waals surface area contributed by atoms with Crippen LogP contribution in [-0.4, -0.2) is 29.0 Å². The topological polar surface area (TPSA) is 66.4 Å². The number of amides is 1. The lowest BCUT2D eigenvalue weighted by Gasteiger charge is -2.10. The molecule has 18 heavy (non-hydrogen) atoms. The van der Waals surface area contributed by atoms with Crippen LogP contribution in [-0.2, 0) is 4.79 Å². The number of nitrogens with one attached hydrogen (secondary N) is 1. The van der Waals surface area contributed by atoms with Gasteiger partial charge in [0.05, 0.1) is 5.56 Å². The number of carbonyl (C=O) groups is 2. The van der Waals surface area contributed by atoms with Crippen molar-refractivity contribution in [3.63, 3.8) is 0 Å².